The summed E-state index contributed by atoms with van der Waals surface area (Å²) in [5.74, 6) is -1.96. The van der Waals surface area contributed by atoms with Crippen molar-refractivity contribution >= 4 is 23.3 Å². The van der Waals surface area contributed by atoms with Gasteiger partial charge < -0.3 is 24.6 Å². The highest BCUT2D eigenvalue weighted by molar-refractivity contribution is 5.93. The summed E-state index contributed by atoms with van der Waals surface area (Å²) in [5, 5.41) is 18.0. The molecule has 0 atom stereocenters. The first-order valence-corrected chi connectivity index (χ1v) is 9.84. The fourth-order valence-electron chi connectivity index (χ4n) is 3.51. The molecule has 2 N–H and O–H groups in total. The lowest BCUT2D eigenvalue weighted by molar-refractivity contribution is -0.154. The zero-order chi connectivity index (χ0) is 21.8. The van der Waals surface area contributed by atoms with E-state index in [1.165, 1.54) is 0 Å². The SMILES string of the molecule is O=C(O)C(Cc1ccc(OCCN2c3ccccc3Oc3ccccc32)cc1)C(=O)O. The average Bonchev–Trinajstić information content (AvgIpc) is 2.77. The Hall–Kier alpha value is -4.00. The van der Waals surface area contributed by atoms with Crippen molar-refractivity contribution < 1.29 is 29.3 Å². The van der Waals surface area contributed by atoms with Gasteiger partial charge in [-0.3, -0.25) is 9.59 Å². The van der Waals surface area contributed by atoms with E-state index in [-0.39, 0.29) is 6.42 Å². The number of anilines is 2. The number of para-hydroxylation sites is 4. The van der Waals surface area contributed by atoms with E-state index in [9.17, 15) is 9.59 Å². The summed E-state index contributed by atoms with van der Waals surface area (Å²) in [6.07, 6.45) is -0.0771. The molecule has 7 heteroatoms. The van der Waals surface area contributed by atoms with E-state index in [1.54, 1.807) is 24.3 Å². The van der Waals surface area contributed by atoms with E-state index < -0.39 is 17.9 Å². The molecule has 0 saturated heterocycles. The van der Waals surface area contributed by atoms with E-state index in [0.29, 0.717) is 24.5 Å². The molecular weight excluding hydrogens is 398 g/mol. The molecule has 158 valence electrons. The van der Waals surface area contributed by atoms with Crippen LogP contribution in [-0.4, -0.2) is 35.3 Å². The van der Waals surface area contributed by atoms with Gasteiger partial charge >= 0.3 is 11.9 Å². The second-order valence-electron chi connectivity index (χ2n) is 7.11. The Balaban J connectivity index is 1.41. The van der Waals surface area contributed by atoms with Crippen LogP contribution >= 0.6 is 0 Å². The number of carbonyl (C=O) groups is 2. The van der Waals surface area contributed by atoms with Crippen LogP contribution in [0.1, 0.15) is 5.56 Å². The van der Waals surface area contributed by atoms with Gasteiger partial charge in [-0.05, 0) is 48.4 Å². The highest BCUT2D eigenvalue weighted by Gasteiger charge is 2.26. The highest BCUT2D eigenvalue weighted by atomic mass is 16.5. The third-order valence-corrected chi connectivity index (χ3v) is 5.08. The first-order valence-electron chi connectivity index (χ1n) is 9.84. The van der Waals surface area contributed by atoms with E-state index >= 15 is 0 Å². The first-order chi connectivity index (χ1) is 15.0. The predicted octanol–water partition coefficient (Wildman–Crippen LogP) is 4.34. The minimum absolute atomic E-state index is 0.0771. The van der Waals surface area contributed by atoms with E-state index in [2.05, 4.69) is 4.90 Å². The predicted molar refractivity (Wildman–Crippen MR) is 114 cm³/mol. The first kappa shape index (κ1) is 20.3. The van der Waals surface area contributed by atoms with Crippen LogP contribution in [0.2, 0.25) is 0 Å². The van der Waals surface area contributed by atoms with Gasteiger partial charge in [0.1, 0.15) is 12.4 Å². The fraction of sp³-hybridized carbons (Fsp3) is 0.167. The van der Waals surface area contributed by atoms with Crippen LogP contribution in [0.25, 0.3) is 0 Å². The van der Waals surface area contributed by atoms with Gasteiger partial charge in [0.05, 0.1) is 17.9 Å². The molecule has 0 radical (unpaired) electrons. The third kappa shape index (κ3) is 4.45. The molecule has 0 aromatic heterocycles. The summed E-state index contributed by atoms with van der Waals surface area (Å²) >= 11 is 0. The van der Waals surface area contributed by atoms with Crippen molar-refractivity contribution in [1.29, 1.82) is 0 Å². The molecule has 31 heavy (non-hydrogen) atoms. The fourth-order valence-corrected chi connectivity index (χ4v) is 3.51. The van der Waals surface area contributed by atoms with Gasteiger partial charge in [0.2, 0.25) is 0 Å². The number of hydrogen-bond donors (Lipinski definition) is 2. The van der Waals surface area contributed by atoms with Crippen LogP contribution in [0.5, 0.6) is 17.2 Å². The van der Waals surface area contributed by atoms with Gasteiger partial charge in [-0.2, -0.15) is 0 Å². The highest BCUT2D eigenvalue weighted by Crippen LogP contribution is 2.45. The van der Waals surface area contributed by atoms with Crippen molar-refractivity contribution in [2.45, 2.75) is 6.42 Å². The van der Waals surface area contributed by atoms with Crippen LogP contribution in [0.3, 0.4) is 0 Å². The lowest BCUT2D eigenvalue weighted by atomic mass is 10.00. The molecule has 0 saturated carbocycles. The van der Waals surface area contributed by atoms with Gasteiger partial charge in [-0.25, -0.2) is 0 Å². The number of hydrogen-bond acceptors (Lipinski definition) is 5. The molecule has 3 aromatic carbocycles. The van der Waals surface area contributed by atoms with Gasteiger partial charge in [0.15, 0.2) is 17.4 Å². The van der Waals surface area contributed by atoms with Crippen molar-refractivity contribution in [3.8, 4) is 17.2 Å². The van der Waals surface area contributed by atoms with Crippen LogP contribution in [0, 0.1) is 5.92 Å². The second kappa shape index (κ2) is 8.79. The van der Waals surface area contributed by atoms with E-state index in [1.807, 2.05) is 48.5 Å². The lowest BCUT2D eigenvalue weighted by Crippen LogP contribution is -2.26. The third-order valence-electron chi connectivity index (χ3n) is 5.08. The molecular formula is C24H21NO6. The Morgan fingerprint density at radius 2 is 1.39 bits per heavy atom. The summed E-state index contributed by atoms with van der Waals surface area (Å²) in [7, 11) is 0. The van der Waals surface area contributed by atoms with Crippen molar-refractivity contribution in [3.05, 3.63) is 78.4 Å². The monoisotopic (exact) mass is 419 g/mol. The number of carboxylic acid groups (broad SMARTS) is 2. The number of rotatable bonds is 8. The molecule has 0 spiro atoms. The van der Waals surface area contributed by atoms with Crippen molar-refractivity contribution in [3.63, 3.8) is 0 Å². The summed E-state index contributed by atoms with van der Waals surface area (Å²) in [4.78, 5) is 24.3. The summed E-state index contributed by atoms with van der Waals surface area (Å²) < 4.78 is 11.9. The molecule has 1 heterocycles. The molecule has 0 bridgehead atoms. The molecule has 0 amide bonds. The van der Waals surface area contributed by atoms with E-state index in [0.717, 1.165) is 22.9 Å². The lowest BCUT2D eigenvalue weighted by Gasteiger charge is -2.32. The number of fused-ring (bicyclic) bond motifs is 2. The number of carboxylic acids is 2. The average molecular weight is 419 g/mol. The minimum Gasteiger partial charge on any atom is -0.492 e. The maximum Gasteiger partial charge on any atom is 0.318 e. The van der Waals surface area contributed by atoms with Crippen molar-refractivity contribution in [1.82, 2.24) is 0 Å². The Labute approximate surface area is 179 Å². The zero-order valence-corrected chi connectivity index (χ0v) is 16.6. The van der Waals surface area contributed by atoms with Crippen LogP contribution in [-0.2, 0) is 16.0 Å². The van der Waals surface area contributed by atoms with Gasteiger partial charge in [0, 0.05) is 0 Å². The molecule has 0 fully saturated rings. The quantitative estimate of drug-likeness (QED) is 0.525. The van der Waals surface area contributed by atoms with Crippen LogP contribution in [0.4, 0.5) is 11.4 Å². The molecule has 1 aliphatic rings. The molecule has 4 rings (SSSR count). The van der Waals surface area contributed by atoms with Crippen LogP contribution < -0.4 is 14.4 Å². The van der Waals surface area contributed by atoms with Gasteiger partial charge in [-0.15, -0.1) is 0 Å². The van der Waals surface area contributed by atoms with E-state index in [4.69, 9.17) is 19.7 Å². The smallest absolute Gasteiger partial charge is 0.318 e. The number of aliphatic carboxylic acids is 2. The number of ether oxygens (including phenoxy) is 2. The Kier molecular flexibility index (Phi) is 5.75. The van der Waals surface area contributed by atoms with Crippen LogP contribution in [0.15, 0.2) is 72.8 Å². The van der Waals surface area contributed by atoms with Crippen molar-refractivity contribution in [2.75, 3.05) is 18.1 Å². The standard InChI is InChI=1S/C24H21NO6/c26-23(27)18(24(28)29)15-16-9-11-17(12-10-16)30-14-13-25-19-5-1-3-7-21(19)31-22-8-4-2-6-20(22)25/h1-12,18H,13-15H2,(H,26,27)(H,28,29). The normalized spacial score (nSPS) is 12.0. The molecule has 0 unspecified atom stereocenters. The molecule has 3 aromatic rings. The second-order valence-corrected chi connectivity index (χ2v) is 7.11. The molecule has 1 aliphatic heterocycles. The maximum atomic E-state index is 11.1. The number of nitrogens with zero attached hydrogens (tertiary/aromatic N) is 1. The Bertz CT molecular complexity index is 1040. The summed E-state index contributed by atoms with van der Waals surface area (Å²) in [6.45, 7) is 1.01. The number of benzene rings is 3. The summed E-state index contributed by atoms with van der Waals surface area (Å²) in [5.41, 5.74) is 2.56. The van der Waals surface area contributed by atoms with Gasteiger partial charge in [0.25, 0.3) is 0 Å². The van der Waals surface area contributed by atoms with Gasteiger partial charge in [-0.1, -0.05) is 36.4 Å². The molecule has 0 aliphatic carbocycles. The van der Waals surface area contributed by atoms with Crippen molar-refractivity contribution in [2.24, 2.45) is 5.92 Å². The Morgan fingerprint density at radius 1 is 0.839 bits per heavy atom. The molecule has 7 nitrogen and oxygen atoms in total. The maximum absolute atomic E-state index is 11.1. The summed E-state index contributed by atoms with van der Waals surface area (Å²) in [6, 6.07) is 22.5. The zero-order valence-electron chi connectivity index (χ0n) is 16.6. The minimum atomic E-state index is -1.46. The topological polar surface area (TPSA) is 96.3 Å². The Morgan fingerprint density at radius 3 is 1.94 bits per heavy atom. The largest absolute Gasteiger partial charge is 0.492 e.